The average molecular weight is 253 g/mol. The van der Waals surface area contributed by atoms with Gasteiger partial charge in [0.2, 0.25) is 0 Å². The van der Waals surface area contributed by atoms with Crippen LogP contribution in [0.1, 0.15) is 30.5 Å². The van der Waals surface area contributed by atoms with E-state index in [1.165, 1.54) is 16.8 Å². The summed E-state index contributed by atoms with van der Waals surface area (Å²) in [5, 5.41) is 0. The predicted octanol–water partition coefficient (Wildman–Crippen LogP) is 3.18. The Labute approximate surface area is 114 Å². The van der Waals surface area contributed by atoms with Crippen molar-refractivity contribution in [2.45, 2.75) is 25.8 Å². The second-order valence-corrected chi connectivity index (χ2v) is 5.10. The second kappa shape index (κ2) is 4.92. The number of hydrogen-bond acceptors (Lipinski definition) is 3. The van der Waals surface area contributed by atoms with Gasteiger partial charge in [0.25, 0.3) is 0 Å². The Bertz CT molecular complexity index is 565. The van der Waals surface area contributed by atoms with Crippen LogP contribution in [-0.4, -0.2) is 11.5 Å². The van der Waals surface area contributed by atoms with E-state index in [0.29, 0.717) is 6.04 Å². The Morgan fingerprint density at radius 2 is 2.16 bits per heavy atom. The first-order valence-corrected chi connectivity index (χ1v) is 6.81. The fourth-order valence-electron chi connectivity index (χ4n) is 2.89. The maximum atomic E-state index is 6.10. The summed E-state index contributed by atoms with van der Waals surface area (Å²) in [4.78, 5) is 6.66. The van der Waals surface area contributed by atoms with E-state index in [0.717, 1.165) is 25.1 Å². The van der Waals surface area contributed by atoms with Crippen molar-refractivity contribution in [2.24, 2.45) is 0 Å². The Hall–Kier alpha value is -2.03. The summed E-state index contributed by atoms with van der Waals surface area (Å²) in [6, 6.07) is 10.7. The summed E-state index contributed by atoms with van der Waals surface area (Å²) in [7, 11) is 0. The summed E-state index contributed by atoms with van der Waals surface area (Å²) < 4.78 is 0. The molecule has 1 atom stereocenters. The monoisotopic (exact) mass is 253 g/mol. The Morgan fingerprint density at radius 3 is 2.95 bits per heavy atom. The van der Waals surface area contributed by atoms with Gasteiger partial charge in [-0.1, -0.05) is 12.1 Å². The van der Waals surface area contributed by atoms with Crippen LogP contribution in [0, 0.1) is 0 Å². The molecule has 0 spiro atoms. The molecule has 0 radical (unpaired) electrons. The van der Waals surface area contributed by atoms with Crippen LogP contribution in [0.25, 0.3) is 0 Å². The minimum atomic E-state index is 0.328. The fourth-order valence-corrected chi connectivity index (χ4v) is 2.89. The first-order valence-electron chi connectivity index (χ1n) is 6.81. The Morgan fingerprint density at radius 1 is 1.26 bits per heavy atom. The van der Waals surface area contributed by atoms with Crippen molar-refractivity contribution in [3.8, 4) is 0 Å². The summed E-state index contributed by atoms with van der Waals surface area (Å²) in [6.45, 7) is 3.31. The zero-order valence-corrected chi connectivity index (χ0v) is 11.2. The molecule has 3 heteroatoms. The lowest BCUT2D eigenvalue weighted by Gasteiger charge is -2.36. The third-order valence-corrected chi connectivity index (χ3v) is 3.96. The van der Waals surface area contributed by atoms with Gasteiger partial charge in [-0.2, -0.15) is 0 Å². The molecule has 3 nitrogen and oxygen atoms in total. The molecule has 3 rings (SSSR count). The maximum absolute atomic E-state index is 6.10. The van der Waals surface area contributed by atoms with Crippen LogP contribution in [-0.2, 0) is 6.42 Å². The molecule has 0 amide bonds. The van der Waals surface area contributed by atoms with E-state index in [2.05, 4.69) is 28.9 Å². The number of nitrogens with zero attached hydrogens (tertiary/aromatic N) is 2. The molecular formula is C16H19N3. The molecule has 2 heterocycles. The van der Waals surface area contributed by atoms with Crippen molar-refractivity contribution in [1.82, 2.24) is 4.98 Å². The van der Waals surface area contributed by atoms with Gasteiger partial charge in [0.15, 0.2) is 0 Å². The molecule has 2 aromatic rings. The van der Waals surface area contributed by atoms with E-state index in [9.17, 15) is 0 Å². The first kappa shape index (κ1) is 12.0. The van der Waals surface area contributed by atoms with Gasteiger partial charge in [-0.3, -0.25) is 4.98 Å². The van der Waals surface area contributed by atoms with Gasteiger partial charge in [-0.15, -0.1) is 0 Å². The number of pyridine rings is 1. The van der Waals surface area contributed by atoms with Gasteiger partial charge < -0.3 is 10.6 Å². The van der Waals surface area contributed by atoms with Crippen molar-refractivity contribution in [2.75, 3.05) is 17.2 Å². The molecule has 0 bridgehead atoms. The number of nitrogen functional groups attached to an aromatic ring is 1. The van der Waals surface area contributed by atoms with Gasteiger partial charge in [0.1, 0.15) is 0 Å². The molecule has 1 aromatic carbocycles. The van der Waals surface area contributed by atoms with Crippen LogP contribution in [0.15, 0.2) is 42.7 Å². The minimum absolute atomic E-state index is 0.328. The largest absolute Gasteiger partial charge is 0.398 e. The van der Waals surface area contributed by atoms with Gasteiger partial charge in [0, 0.05) is 30.3 Å². The highest BCUT2D eigenvalue weighted by Crippen LogP contribution is 2.36. The average Bonchev–Trinajstić information content (AvgIpc) is 2.47. The number of benzene rings is 1. The molecule has 1 aliphatic rings. The smallest absolute Gasteiger partial charge is 0.0529 e. The van der Waals surface area contributed by atoms with Crippen LogP contribution in [0.3, 0.4) is 0 Å². The lowest BCUT2D eigenvalue weighted by atomic mass is 9.97. The van der Waals surface area contributed by atoms with E-state index in [4.69, 9.17) is 5.73 Å². The van der Waals surface area contributed by atoms with Crippen LogP contribution in [0.2, 0.25) is 0 Å². The predicted molar refractivity (Wildman–Crippen MR) is 79.2 cm³/mol. The third kappa shape index (κ3) is 2.16. The molecule has 98 valence electrons. The normalized spacial score (nSPS) is 15.9. The minimum Gasteiger partial charge on any atom is -0.398 e. The highest BCUT2D eigenvalue weighted by Gasteiger charge is 2.23. The highest BCUT2D eigenvalue weighted by molar-refractivity contribution is 5.66. The van der Waals surface area contributed by atoms with Crippen molar-refractivity contribution in [1.29, 1.82) is 0 Å². The topological polar surface area (TPSA) is 42.2 Å². The van der Waals surface area contributed by atoms with E-state index in [1.807, 2.05) is 30.6 Å². The van der Waals surface area contributed by atoms with Gasteiger partial charge in [0.05, 0.1) is 6.04 Å². The molecule has 1 aromatic heterocycles. The summed E-state index contributed by atoms with van der Waals surface area (Å²) in [6.07, 6.45) is 6.01. The lowest BCUT2D eigenvalue weighted by molar-refractivity contribution is 0.615. The van der Waals surface area contributed by atoms with Crippen molar-refractivity contribution in [3.05, 3.63) is 53.9 Å². The third-order valence-electron chi connectivity index (χ3n) is 3.96. The van der Waals surface area contributed by atoms with Crippen LogP contribution in [0.5, 0.6) is 0 Å². The van der Waals surface area contributed by atoms with Gasteiger partial charge in [-0.05, 0) is 49.1 Å². The fraction of sp³-hybridized carbons (Fsp3) is 0.312. The van der Waals surface area contributed by atoms with E-state index in [-0.39, 0.29) is 0 Å². The number of rotatable bonds is 2. The standard InChI is InChI=1S/C16H19N3/c1-12(13-5-3-9-18-11-13)19-10-4-6-14-15(17)7-2-8-16(14)19/h2-3,5,7-9,11-12H,4,6,10,17H2,1H3. The number of hydrogen-bond donors (Lipinski definition) is 1. The second-order valence-electron chi connectivity index (χ2n) is 5.10. The lowest BCUT2D eigenvalue weighted by Crippen LogP contribution is -2.32. The molecule has 0 saturated carbocycles. The van der Waals surface area contributed by atoms with Crippen LogP contribution < -0.4 is 10.6 Å². The van der Waals surface area contributed by atoms with Crippen molar-refractivity contribution < 1.29 is 0 Å². The number of fused-ring (bicyclic) bond motifs is 1. The summed E-state index contributed by atoms with van der Waals surface area (Å²) in [5.74, 6) is 0. The molecule has 19 heavy (non-hydrogen) atoms. The molecular weight excluding hydrogens is 234 g/mol. The Balaban J connectivity index is 1.98. The van der Waals surface area contributed by atoms with Crippen molar-refractivity contribution >= 4 is 11.4 Å². The van der Waals surface area contributed by atoms with Gasteiger partial charge in [-0.25, -0.2) is 0 Å². The first-order chi connectivity index (χ1) is 9.27. The van der Waals surface area contributed by atoms with Crippen LogP contribution in [0.4, 0.5) is 11.4 Å². The van der Waals surface area contributed by atoms with Crippen LogP contribution >= 0.6 is 0 Å². The zero-order chi connectivity index (χ0) is 13.2. The van der Waals surface area contributed by atoms with E-state index >= 15 is 0 Å². The zero-order valence-electron chi connectivity index (χ0n) is 11.2. The molecule has 1 unspecified atom stereocenters. The molecule has 1 aliphatic heterocycles. The number of nitrogens with two attached hydrogens (primary N) is 1. The number of aromatic nitrogens is 1. The highest BCUT2D eigenvalue weighted by atomic mass is 15.2. The molecule has 0 aliphatic carbocycles. The Kier molecular flexibility index (Phi) is 3.11. The summed E-state index contributed by atoms with van der Waals surface area (Å²) in [5.41, 5.74) is 10.8. The quantitative estimate of drug-likeness (QED) is 0.836. The maximum Gasteiger partial charge on any atom is 0.0529 e. The molecule has 0 saturated heterocycles. The summed E-state index contributed by atoms with van der Waals surface area (Å²) >= 11 is 0. The van der Waals surface area contributed by atoms with E-state index < -0.39 is 0 Å². The molecule has 2 N–H and O–H groups in total. The van der Waals surface area contributed by atoms with E-state index in [1.54, 1.807) is 0 Å². The van der Waals surface area contributed by atoms with Gasteiger partial charge >= 0.3 is 0 Å². The van der Waals surface area contributed by atoms with Crippen molar-refractivity contribution in [3.63, 3.8) is 0 Å². The molecule has 0 fully saturated rings. The SMILES string of the molecule is CC(c1cccnc1)N1CCCc2c(N)cccc21. The number of anilines is 2.